The number of carbonyl (C=O) groups excluding carboxylic acids is 1. The molecule has 2 aromatic rings. The molecule has 1 heterocycles. The van der Waals surface area contributed by atoms with E-state index in [0.717, 1.165) is 0 Å². The smallest absolute Gasteiger partial charge is 0.240 e. The van der Waals surface area contributed by atoms with Gasteiger partial charge in [0, 0.05) is 17.3 Å². The number of benzene rings is 1. The van der Waals surface area contributed by atoms with Crippen molar-refractivity contribution < 1.29 is 9.18 Å². The van der Waals surface area contributed by atoms with Gasteiger partial charge in [0.25, 0.3) is 0 Å². The molecule has 1 atom stereocenters. The van der Waals surface area contributed by atoms with E-state index in [1.165, 1.54) is 6.07 Å². The Balaban J connectivity index is 2.56. The van der Waals surface area contributed by atoms with Gasteiger partial charge in [0.05, 0.1) is 11.2 Å². The molecule has 1 amide bonds. The summed E-state index contributed by atoms with van der Waals surface area (Å²) in [5, 5.41) is 3.48. The van der Waals surface area contributed by atoms with Gasteiger partial charge >= 0.3 is 0 Å². The topological polar surface area (TPSA) is 94.0 Å². The molecule has 5 nitrogen and oxygen atoms in total. The van der Waals surface area contributed by atoms with Gasteiger partial charge in [0.15, 0.2) is 5.82 Å². The van der Waals surface area contributed by atoms with Gasteiger partial charge < -0.3 is 16.8 Å². The van der Waals surface area contributed by atoms with E-state index < -0.39 is 17.8 Å². The largest absolute Gasteiger partial charge is 0.398 e. The van der Waals surface area contributed by atoms with Crippen molar-refractivity contribution in [2.75, 3.05) is 11.1 Å². The molecule has 0 radical (unpaired) electrons. The van der Waals surface area contributed by atoms with Gasteiger partial charge in [-0.25, -0.2) is 4.39 Å². The van der Waals surface area contributed by atoms with Crippen molar-refractivity contribution in [3.63, 3.8) is 0 Å². The van der Waals surface area contributed by atoms with Gasteiger partial charge in [-0.3, -0.25) is 9.78 Å². The van der Waals surface area contributed by atoms with Crippen molar-refractivity contribution in [3.8, 4) is 0 Å². The first kappa shape index (κ1) is 14.0. The lowest BCUT2D eigenvalue weighted by Gasteiger charge is -2.21. The normalized spacial score (nSPS) is 12.6. The maximum absolute atomic E-state index is 14.1. The summed E-state index contributed by atoms with van der Waals surface area (Å²) in [6.45, 7) is 3.65. The third kappa shape index (κ3) is 2.49. The minimum atomic E-state index is -0.682. The maximum atomic E-state index is 14.1. The Bertz CT molecular complexity index is 657. The van der Waals surface area contributed by atoms with E-state index in [1.807, 2.05) is 13.8 Å². The van der Waals surface area contributed by atoms with Crippen LogP contribution in [0.25, 0.3) is 10.9 Å². The molecular weight excluding hydrogens is 259 g/mol. The molecule has 106 valence electrons. The van der Waals surface area contributed by atoms with Crippen molar-refractivity contribution in [1.82, 2.24) is 4.98 Å². The molecule has 6 heteroatoms. The second-order valence-corrected chi connectivity index (χ2v) is 4.99. The summed E-state index contributed by atoms with van der Waals surface area (Å²) >= 11 is 0. The third-order valence-electron chi connectivity index (χ3n) is 3.15. The molecule has 0 aliphatic heterocycles. The van der Waals surface area contributed by atoms with E-state index in [1.54, 1.807) is 18.3 Å². The van der Waals surface area contributed by atoms with Gasteiger partial charge in [-0.15, -0.1) is 0 Å². The highest BCUT2D eigenvalue weighted by Gasteiger charge is 2.22. The Morgan fingerprint density at radius 3 is 2.75 bits per heavy atom. The highest BCUT2D eigenvalue weighted by molar-refractivity contribution is 5.99. The van der Waals surface area contributed by atoms with Crippen LogP contribution in [0.1, 0.15) is 13.8 Å². The van der Waals surface area contributed by atoms with Crippen molar-refractivity contribution in [2.45, 2.75) is 19.9 Å². The molecule has 1 aromatic carbocycles. The van der Waals surface area contributed by atoms with Crippen molar-refractivity contribution in [3.05, 3.63) is 30.2 Å². The first-order valence-corrected chi connectivity index (χ1v) is 6.30. The monoisotopic (exact) mass is 276 g/mol. The molecule has 0 saturated heterocycles. The SMILES string of the molecule is CC(C)C(Nc1c(F)cc(N)c2cccnc12)C(N)=O. The van der Waals surface area contributed by atoms with Crippen LogP contribution in [0.4, 0.5) is 15.8 Å². The molecular formula is C14H17FN4O. The number of aromatic nitrogens is 1. The van der Waals surface area contributed by atoms with E-state index in [-0.39, 0.29) is 11.6 Å². The van der Waals surface area contributed by atoms with Crippen LogP contribution in [0.5, 0.6) is 0 Å². The number of nitrogens with one attached hydrogen (secondary N) is 1. The molecule has 1 unspecified atom stereocenters. The zero-order valence-corrected chi connectivity index (χ0v) is 11.4. The van der Waals surface area contributed by atoms with Crippen LogP contribution in [0.3, 0.4) is 0 Å². The highest BCUT2D eigenvalue weighted by atomic mass is 19.1. The van der Waals surface area contributed by atoms with Crippen molar-refractivity contribution >= 4 is 28.2 Å². The zero-order valence-electron chi connectivity index (χ0n) is 11.4. The van der Waals surface area contributed by atoms with E-state index in [9.17, 15) is 9.18 Å². The molecule has 20 heavy (non-hydrogen) atoms. The molecule has 0 fully saturated rings. The second kappa shape index (κ2) is 5.32. The van der Waals surface area contributed by atoms with Crippen LogP contribution in [-0.4, -0.2) is 16.9 Å². The number of halogens is 1. The average Bonchev–Trinajstić information content (AvgIpc) is 2.37. The standard InChI is InChI=1S/C14H17FN4O/c1-7(2)11(14(17)20)19-13-9(15)6-10(16)8-4-3-5-18-12(8)13/h3-7,11,19H,16H2,1-2H3,(H2,17,20). The van der Waals surface area contributed by atoms with E-state index >= 15 is 0 Å². The second-order valence-electron chi connectivity index (χ2n) is 4.99. The van der Waals surface area contributed by atoms with Crippen molar-refractivity contribution in [2.24, 2.45) is 11.7 Å². The van der Waals surface area contributed by atoms with Crippen LogP contribution in [-0.2, 0) is 4.79 Å². The van der Waals surface area contributed by atoms with Gasteiger partial charge in [-0.05, 0) is 24.1 Å². The summed E-state index contributed by atoms with van der Waals surface area (Å²) in [7, 11) is 0. The van der Waals surface area contributed by atoms with E-state index in [4.69, 9.17) is 11.5 Å². The zero-order chi connectivity index (χ0) is 14.9. The van der Waals surface area contributed by atoms with Gasteiger partial charge in [-0.1, -0.05) is 13.8 Å². The predicted octanol–water partition coefficient (Wildman–Crippen LogP) is 1.88. The lowest BCUT2D eigenvalue weighted by molar-refractivity contribution is -0.119. The number of hydrogen-bond donors (Lipinski definition) is 3. The fourth-order valence-electron chi connectivity index (χ4n) is 2.10. The maximum Gasteiger partial charge on any atom is 0.240 e. The van der Waals surface area contributed by atoms with Crippen molar-refractivity contribution in [1.29, 1.82) is 0 Å². The number of carbonyl (C=O) groups is 1. The van der Waals surface area contributed by atoms with Crippen LogP contribution in [0.15, 0.2) is 24.4 Å². The van der Waals surface area contributed by atoms with Crippen LogP contribution in [0.2, 0.25) is 0 Å². The number of primary amides is 1. The quantitative estimate of drug-likeness (QED) is 0.743. The minimum Gasteiger partial charge on any atom is -0.398 e. The summed E-state index contributed by atoms with van der Waals surface area (Å²) in [5.41, 5.74) is 12.0. The van der Waals surface area contributed by atoms with E-state index in [2.05, 4.69) is 10.3 Å². The van der Waals surface area contributed by atoms with Crippen LogP contribution < -0.4 is 16.8 Å². The lowest BCUT2D eigenvalue weighted by atomic mass is 10.0. The van der Waals surface area contributed by atoms with Gasteiger partial charge in [0.2, 0.25) is 5.91 Å². The highest BCUT2D eigenvalue weighted by Crippen LogP contribution is 2.30. The Morgan fingerprint density at radius 2 is 2.15 bits per heavy atom. The molecule has 0 spiro atoms. The number of rotatable bonds is 4. The Morgan fingerprint density at radius 1 is 1.45 bits per heavy atom. The number of nitrogen functional groups attached to an aromatic ring is 1. The number of anilines is 2. The van der Waals surface area contributed by atoms with E-state index in [0.29, 0.717) is 16.6 Å². The van der Waals surface area contributed by atoms with Gasteiger partial charge in [0.1, 0.15) is 6.04 Å². The molecule has 0 aliphatic carbocycles. The minimum absolute atomic E-state index is 0.0804. The molecule has 0 bridgehead atoms. The molecule has 5 N–H and O–H groups in total. The Labute approximate surface area is 116 Å². The lowest BCUT2D eigenvalue weighted by Crippen LogP contribution is -2.39. The summed E-state index contributed by atoms with van der Waals surface area (Å²) in [6, 6.07) is 3.99. The molecule has 0 saturated carbocycles. The number of nitrogens with two attached hydrogens (primary N) is 2. The Hall–Kier alpha value is -2.37. The molecule has 1 aromatic heterocycles. The predicted molar refractivity (Wildman–Crippen MR) is 77.6 cm³/mol. The van der Waals surface area contributed by atoms with Crippen LogP contribution in [0, 0.1) is 11.7 Å². The number of hydrogen-bond acceptors (Lipinski definition) is 4. The number of pyridine rings is 1. The first-order valence-electron chi connectivity index (χ1n) is 6.30. The summed E-state index contributed by atoms with van der Waals surface area (Å²) in [4.78, 5) is 15.6. The molecule has 2 rings (SSSR count). The summed E-state index contributed by atoms with van der Waals surface area (Å²) < 4.78 is 14.1. The third-order valence-corrected chi connectivity index (χ3v) is 3.15. The average molecular weight is 276 g/mol. The summed E-state index contributed by atoms with van der Waals surface area (Å²) in [5.74, 6) is -1.18. The molecule has 0 aliphatic rings. The fourth-order valence-corrected chi connectivity index (χ4v) is 2.10. The van der Waals surface area contributed by atoms with Crippen LogP contribution >= 0.6 is 0 Å². The first-order chi connectivity index (χ1) is 9.41. The van der Waals surface area contributed by atoms with Gasteiger partial charge in [-0.2, -0.15) is 0 Å². The number of fused-ring (bicyclic) bond motifs is 1. The number of amides is 1. The Kier molecular flexibility index (Phi) is 3.74. The fraction of sp³-hybridized carbons (Fsp3) is 0.286. The summed E-state index contributed by atoms with van der Waals surface area (Å²) in [6.07, 6.45) is 1.54. The number of nitrogens with zero attached hydrogens (tertiary/aromatic N) is 1.